The molecule has 1 rings (SSSR count). The maximum atomic E-state index is 12.0. The molecule has 1 aromatic rings. The van der Waals surface area contributed by atoms with Crippen LogP contribution in [0.5, 0.6) is 0 Å². The fourth-order valence-corrected chi connectivity index (χ4v) is 0.640. The second-order valence-corrected chi connectivity index (χ2v) is 2.06. The van der Waals surface area contributed by atoms with Crippen molar-refractivity contribution in [3.8, 4) is 0 Å². The Balaban J connectivity index is 3.01. The van der Waals surface area contributed by atoms with Crippen LogP contribution in [0.15, 0.2) is 12.3 Å². The number of nitrogens with zero attached hydrogens (tertiary/aromatic N) is 2. The molecule has 0 saturated heterocycles. The number of halogens is 1. The Labute approximate surface area is 63.3 Å². The summed E-state index contributed by atoms with van der Waals surface area (Å²) in [6.07, 6.45) is 1.37. The summed E-state index contributed by atoms with van der Waals surface area (Å²) in [6.45, 7) is 0.681. The first-order valence-corrected chi connectivity index (χ1v) is 3.13. The van der Waals surface area contributed by atoms with E-state index in [1.807, 2.05) is 0 Å². The highest BCUT2D eigenvalue weighted by Crippen LogP contribution is 1.97. The van der Waals surface area contributed by atoms with Crippen LogP contribution in [0, 0.1) is 0 Å². The Hall–Kier alpha value is -1.32. The van der Waals surface area contributed by atoms with Gasteiger partial charge in [0.2, 0.25) is 0 Å². The second-order valence-electron chi connectivity index (χ2n) is 2.06. The Morgan fingerprint density at radius 2 is 2.45 bits per heavy atom. The lowest BCUT2D eigenvalue weighted by Gasteiger charge is -1.94. The van der Waals surface area contributed by atoms with Crippen LogP contribution in [-0.2, 0) is 6.67 Å². The van der Waals surface area contributed by atoms with Gasteiger partial charge in [0.15, 0.2) is 11.6 Å². The van der Waals surface area contributed by atoms with Crippen LogP contribution in [0.25, 0.3) is 0 Å². The third-order valence-corrected chi connectivity index (χ3v) is 1.17. The van der Waals surface area contributed by atoms with E-state index >= 15 is 0 Å². The molecule has 0 spiro atoms. The van der Waals surface area contributed by atoms with E-state index in [2.05, 4.69) is 9.97 Å². The maximum Gasteiger partial charge on any atom is 0.196 e. The standard InChI is InChI=1S/C7H7FN2O/c1-5(11)7-9-3-2-6(4-8)10-7/h2-3H,4H2,1H3. The van der Waals surface area contributed by atoms with Crippen molar-refractivity contribution < 1.29 is 9.18 Å². The van der Waals surface area contributed by atoms with Gasteiger partial charge in [0.1, 0.15) is 6.67 Å². The van der Waals surface area contributed by atoms with Crippen molar-refractivity contribution in [2.24, 2.45) is 0 Å². The number of alkyl halides is 1. The molecule has 0 fully saturated rings. The second kappa shape index (κ2) is 3.18. The van der Waals surface area contributed by atoms with Gasteiger partial charge in [-0.3, -0.25) is 4.79 Å². The van der Waals surface area contributed by atoms with Crippen molar-refractivity contribution >= 4 is 5.78 Å². The summed E-state index contributed by atoms with van der Waals surface area (Å²) in [6, 6.07) is 1.44. The highest BCUT2D eigenvalue weighted by Gasteiger charge is 2.02. The molecule has 0 aromatic carbocycles. The zero-order valence-electron chi connectivity index (χ0n) is 6.04. The summed E-state index contributed by atoms with van der Waals surface area (Å²) in [5.74, 6) is -0.180. The molecule has 0 N–H and O–H groups in total. The fourth-order valence-electron chi connectivity index (χ4n) is 0.640. The summed E-state index contributed by atoms with van der Waals surface area (Å²) >= 11 is 0. The van der Waals surface area contributed by atoms with Gasteiger partial charge in [-0.25, -0.2) is 14.4 Å². The zero-order valence-corrected chi connectivity index (χ0v) is 6.04. The summed E-state index contributed by atoms with van der Waals surface area (Å²) in [4.78, 5) is 18.0. The molecule has 58 valence electrons. The average molecular weight is 154 g/mol. The SMILES string of the molecule is CC(=O)c1nccc(CF)n1. The van der Waals surface area contributed by atoms with Gasteiger partial charge >= 0.3 is 0 Å². The number of hydrogen-bond acceptors (Lipinski definition) is 3. The van der Waals surface area contributed by atoms with Gasteiger partial charge in [-0.2, -0.15) is 0 Å². The predicted octanol–water partition coefficient (Wildman–Crippen LogP) is 1.15. The molecule has 0 aliphatic heterocycles. The quantitative estimate of drug-likeness (QED) is 0.600. The van der Waals surface area contributed by atoms with Gasteiger partial charge in [-0.05, 0) is 6.07 Å². The number of carbonyl (C=O) groups is 1. The topological polar surface area (TPSA) is 42.9 Å². The monoisotopic (exact) mass is 154 g/mol. The van der Waals surface area contributed by atoms with Gasteiger partial charge in [-0.1, -0.05) is 0 Å². The molecule has 3 nitrogen and oxygen atoms in total. The molecule has 0 aliphatic carbocycles. The summed E-state index contributed by atoms with van der Waals surface area (Å²) in [7, 11) is 0. The van der Waals surface area contributed by atoms with Gasteiger partial charge in [0.25, 0.3) is 0 Å². The van der Waals surface area contributed by atoms with E-state index in [1.54, 1.807) is 0 Å². The predicted molar refractivity (Wildman–Crippen MR) is 36.8 cm³/mol. The van der Waals surface area contributed by atoms with Crippen molar-refractivity contribution in [2.75, 3.05) is 0 Å². The van der Waals surface area contributed by atoms with Crippen molar-refractivity contribution in [1.29, 1.82) is 0 Å². The number of carbonyl (C=O) groups excluding carboxylic acids is 1. The maximum absolute atomic E-state index is 12.0. The van der Waals surface area contributed by atoms with Crippen molar-refractivity contribution in [2.45, 2.75) is 13.6 Å². The third-order valence-electron chi connectivity index (χ3n) is 1.17. The fraction of sp³-hybridized carbons (Fsp3) is 0.286. The zero-order chi connectivity index (χ0) is 8.27. The molecule has 1 aromatic heterocycles. The van der Waals surface area contributed by atoms with Crippen molar-refractivity contribution in [3.63, 3.8) is 0 Å². The molecule has 0 amide bonds. The van der Waals surface area contributed by atoms with Crippen molar-refractivity contribution in [3.05, 3.63) is 23.8 Å². The minimum absolute atomic E-state index is 0.0696. The van der Waals surface area contributed by atoms with E-state index < -0.39 is 6.67 Å². The summed E-state index contributed by atoms with van der Waals surface area (Å²) in [5, 5.41) is 0. The van der Waals surface area contributed by atoms with Gasteiger partial charge in [0, 0.05) is 13.1 Å². The first kappa shape index (κ1) is 7.78. The number of aromatic nitrogens is 2. The van der Waals surface area contributed by atoms with Crippen LogP contribution in [0.3, 0.4) is 0 Å². The first-order chi connectivity index (χ1) is 5.24. The van der Waals surface area contributed by atoms with E-state index in [0.717, 1.165) is 0 Å². The minimum Gasteiger partial charge on any atom is -0.291 e. The van der Waals surface area contributed by atoms with E-state index in [0.29, 0.717) is 0 Å². The number of Topliss-reactive ketones (excluding diaryl/α,β-unsaturated/α-hetero) is 1. The number of ketones is 1. The molecule has 0 atom stereocenters. The summed E-state index contributed by atoms with van der Waals surface area (Å²) < 4.78 is 12.0. The van der Waals surface area contributed by atoms with Crippen LogP contribution in [0.1, 0.15) is 23.2 Å². The lowest BCUT2D eigenvalue weighted by molar-refractivity contribution is 0.100. The Bertz CT molecular complexity index is 275. The Morgan fingerprint density at radius 3 is 3.00 bits per heavy atom. The van der Waals surface area contributed by atoms with Gasteiger partial charge in [-0.15, -0.1) is 0 Å². The molecule has 0 radical (unpaired) electrons. The minimum atomic E-state index is -0.664. The van der Waals surface area contributed by atoms with E-state index in [1.165, 1.54) is 19.2 Å². The van der Waals surface area contributed by atoms with Crippen LogP contribution < -0.4 is 0 Å². The molecule has 1 heterocycles. The van der Waals surface area contributed by atoms with E-state index in [9.17, 15) is 9.18 Å². The van der Waals surface area contributed by atoms with Gasteiger partial charge in [0.05, 0.1) is 5.69 Å². The first-order valence-electron chi connectivity index (χ1n) is 3.13. The third kappa shape index (κ3) is 1.80. The van der Waals surface area contributed by atoms with E-state index in [-0.39, 0.29) is 17.3 Å². The summed E-state index contributed by atoms with van der Waals surface area (Å²) in [5.41, 5.74) is 0.241. The molecule has 4 heteroatoms. The normalized spacial score (nSPS) is 9.64. The Kier molecular flexibility index (Phi) is 2.25. The molecular weight excluding hydrogens is 147 g/mol. The lowest BCUT2D eigenvalue weighted by Crippen LogP contribution is -2.02. The van der Waals surface area contributed by atoms with Gasteiger partial charge < -0.3 is 0 Å². The molecule has 0 bridgehead atoms. The largest absolute Gasteiger partial charge is 0.291 e. The molecule has 11 heavy (non-hydrogen) atoms. The lowest BCUT2D eigenvalue weighted by atomic mass is 10.4. The molecule has 0 saturated carbocycles. The van der Waals surface area contributed by atoms with Crippen LogP contribution >= 0.6 is 0 Å². The highest BCUT2D eigenvalue weighted by atomic mass is 19.1. The smallest absolute Gasteiger partial charge is 0.196 e. The van der Waals surface area contributed by atoms with Crippen LogP contribution in [0.4, 0.5) is 4.39 Å². The van der Waals surface area contributed by atoms with Crippen LogP contribution in [-0.4, -0.2) is 15.8 Å². The van der Waals surface area contributed by atoms with Crippen molar-refractivity contribution in [1.82, 2.24) is 9.97 Å². The molecular formula is C7H7FN2O. The average Bonchev–Trinajstić information content (AvgIpc) is 2.05. The highest BCUT2D eigenvalue weighted by molar-refractivity contribution is 5.90. The Morgan fingerprint density at radius 1 is 1.73 bits per heavy atom. The molecule has 0 aliphatic rings. The number of rotatable bonds is 2. The molecule has 0 unspecified atom stereocenters. The van der Waals surface area contributed by atoms with Crippen LogP contribution in [0.2, 0.25) is 0 Å². The number of hydrogen-bond donors (Lipinski definition) is 0. The van der Waals surface area contributed by atoms with E-state index in [4.69, 9.17) is 0 Å².